The molecule has 1 aromatic rings. The van der Waals surface area contributed by atoms with Crippen LogP contribution < -0.4 is 5.32 Å². The molecule has 0 aromatic heterocycles. The highest BCUT2D eigenvalue weighted by molar-refractivity contribution is 7.80. The van der Waals surface area contributed by atoms with E-state index in [-0.39, 0.29) is 11.3 Å². The molecule has 2 nitrogen and oxygen atoms in total. The van der Waals surface area contributed by atoms with Crippen molar-refractivity contribution in [2.24, 2.45) is 11.3 Å². The molecule has 0 heterocycles. The topological polar surface area (TPSA) is 29.1 Å². The van der Waals surface area contributed by atoms with Gasteiger partial charge in [-0.2, -0.15) is 0 Å². The number of hydrogen-bond acceptors (Lipinski definition) is 2. The number of carbonyl (C=O) groups excluding carboxylic acids is 1. The van der Waals surface area contributed by atoms with Gasteiger partial charge in [0.25, 0.3) is 5.91 Å². The molecule has 0 aliphatic carbocycles. The molecule has 3 heteroatoms. The Morgan fingerprint density at radius 3 is 2.59 bits per heavy atom. The second-order valence-corrected chi connectivity index (χ2v) is 6.04. The molecule has 1 aromatic carbocycles. The monoisotopic (exact) mass is 251 g/mol. The Morgan fingerprint density at radius 1 is 1.41 bits per heavy atom. The standard InChI is InChI=1S/C14H21NOS/c1-10(14(2,3)4)9-15-13(16)11-6-5-7-12(17)8-11/h5-8,10,17H,9H2,1-4H3,(H,15,16). The molecule has 94 valence electrons. The molecule has 1 N–H and O–H groups in total. The van der Waals surface area contributed by atoms with Crippen LogP contribution in [0.4, 0.5) is 0 Å². The fourth-order valence-corrected chi connectivity index (χ4v) is 1.53. The lowest BCUT2D eigenvalue weighted by Crippen LogP contribution is -2.33. The first kappa shape index (κ1) is 14.1. The number of thiol groups is 1. The second-order valence-electron chi connectivity index (χ2n) is 5.53. The summed E-state index contributed by atoms with van der Waals surface area (Å²) >= 11 is 4.22. The SMILES string of the molecule is CC(CNC(=O)c1cccc(S)c1)C(C)(C)C. The average molecular weight is 251 g/mol. The van der Waals surface area contributed by atoms with E-state index in [1.807, 2.05) is 12.1 Å². The van der Waals surface area contributed by atoms with Crippen LogP contribution in [-0.2, 0) is 0 Å². The van der Waals surface area contributed by atoms with Crippen LogP contribution in [0.3, 0.4) is 0 Å². The highest BCUT2D eigenvalue weighted by Gasteiger charge is 2.20. The lowest BCUT2D eigenvalue weighted by Gasteiger charge is -2.27. The van der Waals surface area contributed by atoms with Gasteiger partial charge >= 0.3 is 0 Å². The van der Waals surface area contributed by atoms with Gasteiger partial charge in [-0.15, -0.1) is 12.6 Å². The number of nitrogens with one attached hydrogen (secondary N) is 1. The Balaban J connectivity index is 2.57. The molecule has 1 amide bonds. The van der Waals surface area contributed by atoms with Crippen molar-refractivity contribution in [1.29, 1.82) is 0 Å². The van der Waals surface area contributed by atoms with E-state index in [1.165, 1.54) is 0 Å². The van der Waals surface area contributed by atoms with Crippen molar-refractivity contribution >= 4 is 18.5 Å². The van der Waals surface area contributed by atoms with Crippen LogP contribution in [0.15, 0.2) is 29.2 Å². The fourth-order valence-electron chi connectivity index (χ4n) is 1.30. The molecule has 0 aliphatic heterocycles. The summed E-state index contributed by atoms with van der Waals surface area (Å²) in [6, 6.07) is 7.28. The Morgan fingerprint density at radius 2 is 2.06 bits per heavy atom. The van der Waals surface area contributed by atoms with Crippen molar-refractivity contribution in [3.05, 3.63) is 29.8 Å². The summed E-state index contributed by atoms with van der Waals surface area (Å²) in [4.78, 5) is 12.7. The molecule has 1 atom stereocenters. The maximum absolute atomic E-state index is 11.9. The zero-order valence-corrected chi connectivity index (χ0v) is 11.8. The molecule has 0 bridgehead atoms. The number of amides is 1. The van der Waals surface area contributed by atoms with Crippen molar-refractivity contribution in [1.82, 2.24) is 5.32 Å². The molecule has 17 heavy (non-hydrogen) atoms. The molecule has 0 saturated carbocycles. The molecule has 0 radical (unpaired) electrons. The molecule has 0 saturated heterocycles. The summed E-state index contributed by atoms with van der Waals surface area (Å²) < 4.78 is 0. The summed E-state index contributed by atoms with van der Waals surface area (Å²) in [5, 5.41) is 2.96. The molecule has 1 rings (SSSR count). The lowest BCUT2D eigenvalue weighted by molar-refractivity contribution is 0.0937. The van der Waals surface area contributed by atoms with E-state index in [0.717, 1.165) is 4.90 Å². The minimum Gasteiger partial charge on any atom is -0.352 e. The molecular weight excluding hydrogens is 230 g/mol. The van der Waals surface area contributed by atoms with Gasteiger partial charge in [0.1, 0.15) is 0 Å². The summed E-state index contributed by atoms with van der Waals surface area (Å²) in [6.45, 7) is 9.38. The van der Waals surface area contributed by atoms with Gasteiger partial charge in [0.05, 0.1) is 0 Å². The van der Waals surface area contributed by atoms with Gasteiger partial charge < -0.3 is 5.32 Å². The smallest absolute Gasteiger partial charge is 0.251 e. The normalized spacial score (nSPS) is 13.2. The predicted octanol–water partition coefficient (Wildman–Crippen LogP) is 3.39. The maximum atomic E-state index is 11.9. The van der Waals surface area contributed by atoms with E-state index in [4.69, 9.17) is 0 Å². The van der Waals surface area contributed by atoms with Crippen LogP contribution >= 0.6 is 12.6 Å². The molecule has 0 spiro atoms. The first-order chi connectivity index (χ1) is 7.80. The summed E-state index contributed by atoms with van der Waals surface area (Å²) in [6.07, 6.45) is 0. The maximum Gasteiger partial charge on any atom is 0.251 e. The van der Waals surface area contributed by atoms with Gasteiger partial charge in [-0.05, 0) is 29.5 Å². The van der Waals surface area contributed by atoms with Crippen LogP contribution in [0.25, 0.3) is 0 Å². The van der Waals surface area contributed by atoms with Crippen molar-refractivity contribution in [2.75, 3.05) is 6.54 Å². The van der Waals surface area contributed by atoms with Gasteiger partial charge in [0, 0.05) is 17.0 Å². The highest BCUT2D eigenvalue weighted by Crippen LogP contribution is 2.24. The Labute approximate surface area is 109 Å². The Kier molecular flexibility index (Phi) is 4.63. The second kappa shape index (κ2) is 5.58. The third-order valence-electron chi connectivity index (χ3n) is 3.16. The van der Waals surface area contributed by atoms with E-state index in [9.17, 15) is 4.79 Å². The number of carbonyl (C=O) groups is 1. The van der Waals surface area contributed by atoms with Gasteiger partial charge in [-0.3, -0.25) is 4.79 Å². The first-order valence-corrected chi connectivity index (χ1v) is 6.32. The summed E-state index contributed by atoms with van der Waals surface area (Å²) in [5.74, 6) is 0.405. The third kappa shape index (κ3) is 4.43. The van der Waals surface area contributed by atoms with E-state index >= 15 is 0 Å². The van der Waals surface area contributed by atoms with Crippen molar-refractivity contribution in [3.63, 3.8) is 0 Å². The quantitative estimate of drug-likeness (QED) is 0.792. The third-order valence-corrected chi connectivity index (χ3v) is 3.43. The van der Waals surface area contributed by atoms with Gasteiger partial charge in [0.2, 0.25) is 0 Å². The van der Waals surface area contributed by atoms with Crippen LogP contribution in [0.5, 0.6) is 0 Å². The molecule has 0 fully saturated rings. The summed E-state index contributed by atoms with van der Waals surface area (Å²) in [7, 11) is 0. The average Bonchev–Trinajstić information content (AvgIpc) is 2.24. The molecule has 1 unspecified atom stereocenters. The minimum atomic E-state index is -0.0306. The number of rotatable bonds is 3. The first-order valence-electron chi connectivity index (χ1n) is 5.88. The van der Waals surface area contributed by atoms with Gasteiger partial charge in [-0.1, -0.05) is 33.8 Å². The van der Waals surface area contributed by atoms with Gasteiger partial charge in [-0.25, -0.2) is 0 Å². The van der Waals surface area contributed by atoms with E-state index in [2.05, 4.69) is 45.6 Å². The Bertz CT molecular complexity index is 395. The largest absolute Gasteiger partial charge is 0.352 e. The van der Waals surface area contributed by atoms with Crippen LogP contribution in [-0.4, -0.2) is 12.5 Å². The van der Waals surface area contributed by atoms with Gasteiger partial charge in [0.15, 0.2) is 0 Å². The number of benzene rings is 1. The molecular formula is C14H21NOS. The predicted molar refractivity (Wildman–Crippen MR) is 74.6 cm³/mol. The summed E-state index contributed by atoms with van der Waals surface area (Å²) in [5.41, 5.74) is 0.872. The van der Waals surface area contributed by atoms with E-state index in [0.29, 0.717) is 18.0 Å². The highest BCUT2D eigenvalue weighted by atomic mass is 32.1. The zero-order valence-electron chi connectivity index (χ0n) is 10.9. The lowest BCUT2D eigenvalue weighted by atomic mass is 9.82. The molecule has 0 aliphatic rings. The van der Waals surface area contributed by atoms with Crippen molar-refractivity contribution < 1.29 is 4.79 Å². The van der Waals surface area contributed by atoms with E-state index in [1.54, 1.807) is 12.1 Å². The zero-order chi connectivity index (χ0) is 13.1. The fraction of sp³-hybridized carbons (Fsp3) is 0.500. The Hall–Kier alpha value is -0.960. The van der Waals surface area contributed by atoms with Crippen LogP contribution in [0.1, 0.15) is 38.1 Å². The van der Waals surface area contributed by atoms with Crippen LogP contribution in [0.2, 0.25) is 0 Å². The number of hydrogen-bond donors (Lipinski definition) is 2. The van der Waals surface area contributed by atoms with E-state index < -0.39 is 0 Å². The van der Waals surface area contributed by atoms with Crippen LogP contribution in [0, 0.1) is 11.3 Å². The van der Waals surface area contributed by atoms with Crippen molar-refractivity contribution in [3.8, 4) is 0 Å². The minimum absolute atomic E-state index is 0.0306. The van der Waals surface area contributed by atoms with Crippen molar-refractivity contribution in [2.45, 2.75) is 32.6 Å².